The predicted molar refractivity (Wildman–Crippen MR) is 126 cm³/mol. The monoisotopic (exact) mass is 463 g/mol. The van der Waals surface area contributed by atoms with Crippen LogP contribution in [0.5, 0.6) is 0 Å². The minimum atomic E-state index is -0.470. The Morgan fingerprint density at radius 3 is 2.64 bits per heavy atom. The topological polar surface area (TPSA) is 99.8 Å². The van der Waals surface area contributed by atoms with Gasteiger partial charge in [0.1, 0.15) is 0 Å². The highest BCUT2D eigenvalue weighted by Crippen LogP contribution is 2.27. The van der Waals surface area contributed by atoms with Gasteiger partial charge in [-0.3, -0.25) is 25.2 Å². The molecule has 3 N–H and O–H groups in total. The Kier molecular flexibility index (Phi) is 7.16. The lowest BCUT2D eigenvalue weighted by Crippen LogP contribution is -2.43. The Labute approximate surface area is 196 Å². The molecule has 2 heterocycles. The molecule has 0 saturated carbocycles. The molecule has 1 aliphatic rings. The SMILES string of the molecule is CC(NC(=O)c1ccccc1CCC(=O)NNC(=O)C1CO1)c1cccc(-c2cccs2)c1. The van der Waals surface area contributed by atoms with Crippen molar-refractivity contribution in [3.8, 4) is 10.4 Å². The van der Waals surface area contributed by atoms with Crippen LogP contribution in [-0.2, 0) is 20.7 Å². The maximum atomic E-state index is 13.0. The van der Waals surface area contributed by atoms with Crippen molar-refractivity contribution in [3.63, 3.8) is 0 Å². The lowest BCUT2D eigenvalue weighted by molar-refractivity contribution is -0.129. The number of hydrogen-bond donors (Lipinski definition) is 3. The number of thiophene rings is 1. The van der Waals surface area contributed by atoms with Crippen LogP contribution >= 0.6 is 11.3 Å². The third-order valence-electron chi connectivity index (χ3n) is 5.37. The van der Waals surface area contributed by atoms with Gasteiger partial charge in [-0.1, -0.05) is 42.5 Å². The Bertz CT molecular complexity index is 1140. The van der Waals surface area contributed by atoms with Gasteiger partial charge in [-0.2, -0.15) is 0 Å². The summed E-state index contributed by atoms with van der Waals surface area (Å²) in [5, 5.41) is 5.11. The van der Waals surface area contributed by atoms with Crippen LogP contribution in [0.25, 0.3) is 10.4 Å². The van der Waals surface area contributed by atoms with Crippen LogP contribution in [0, 0.1) is 0 Å². The van der Waals surface area contributed by atoms with Crippen LogP contribution in [0.1, 0.15) is 40.9 Å². The van der Waals surface area contributed by atoms with Gasteiger partial charge in [-0.05, 0) is 53.6 Å². The first kappa shape index (κ1) is 22.7. The van der Waals surface area contributed by atoms with Crippen LogP contribution < -0.4 is 16.2 Å². The zero-order chi connectivity index (χ0) is 23.2. The predicted octanol–water partition coefficient (Wildman–Crippen LogP) is 3.38. The molecule has 0 bridgehead atoms. The first-order valence-electron chi connectivity index (χ1n) is 10.7. The van der Waals surface area contributed by atoms with E-state index in [4.69, 9.17) is 4.74 Å². The molecule has 8 heteroatoms. The molecule has 1 fully saturated rings. The van der Waals surface area contributed by atoms with Gasteiger partial charge in [0.05, 0.1) is 12.6 Å². The highest BCUT2D eigenvalue weighted by molar-refractivity contribution is 7.13. The molecule has 3 aromatic rings. The smallest absolute Gasteiger partial charge is 0.269 e. The number of carbonyl (C=O) groups excluding carboxylic acids is 3. The molecule has 3 amide bonds. The van der Waals surface area contributed by atoms with Gasteiger partial charge in [0, 0.05) is 16.9 Å². The number of rotatable bonds is 8. The quantitative estimate of drug-likeness (QED) is 0.352. The standard InChI is InChI=1S/C25H25N3O4S/c1-16(18-7-4-8-19(14-18)22-10-5-13-33-22)26-24(30)20-9-3-2-6-17(20)11-12-23(29)27-28-25(31)21-15-32-21/h2-10,13-14,16,21H,11-12,15H2,1H3,(H,26,30)(H,27,29)(H,28,31). The lowest BCUT2D eigenvalue weighted by Gasteiger charge is -2.17. The number of hydrogen-bond acceptors (Lipinski definition) is 5. The number of amides is 3. The fourth-order valence-electron chi connectivity index (χ4n) is 3.44. The zero-order valence-electron chi connectivity index (χ0n) is 18.2. The zero-order valence-corrected chi connectivity index (χ0v) is 19.0. The van der Waals surface area contributed by atoms with E-state index in [9.17, 15) is 14.4 Å². The van der Waals surface area contributed by atoms with Gasteiger partial charge in [0.2, 0.25) is 5.91 Å². The molecule has 1 saturated heterocycles. The number of ether oxygens (including phenoxy) is 1. The molecule has 1 aliphatic heterocycles. The van der Waals surface area contributed by atoms with Gasteiger partial charge in [0.15, 0.2) is 6.10 Å². The van der Waals surface area contributed by atoms with E-state index >= 15 is 0 Å². The Balaban J connectivity index is 1.36. The Morgan fingerprint density at radius 1 is 1.06 bits per heavy atom. The van der Waals surface area contributed by atoms with Gasteiger partial charge >= 0.3 is 0 Å². The second-order valence-corrected chi connectivity index (χ2v) is 8.76. The van der Waals surface area contributed by atoms with E-state index in [2.05, 4.69) is 34.4 Å². The second-order valence-electron chi connectivity index (χ2n) is 7.81. The van der Waals surface area contributed by atoms with Crippen molar-refractivity contribution >= 4 is 29.1 Å². The second kappa shape index (κ2) is 10.4. The third kappa shape index (κ3) is 6.06. The van der Waals surface area contributed by atoms with Crippen molar-refractivity contribution in [1.82, 2.24) is 16.2 Å². The highest BCUT2D eigenvalue weighted by atomic mass is 32.1. The van der Waals surface area contributed by atoms with E-state index in [-0.39, 0.29) is 30.2 Å². The maximum Gasteiger partial charge on any atom is 0.269 e. The van der Waals surface area contributed by atoms with E-state index < -0.39 is 6.10 Å². The Morgan fingerprint density at radius 2 is 1.88 bits per heavy atom. The van der Waals surface area contributed by atoms with Gasteiger partial charge in [-0.15, -0.1) is 11.3 Å². The number of carbonyl (C=O) groups is 3. The molecule has 2 unspecified atom stereocenters. The molecule has 7 nitrogen and oxygen atoms in total. The molecule has 2 aromatic carbocycles. The van der Waals surface area contributed by atoms with Crippen molar-refractivity contribution in [2.45, 2.75) is 31.9 Å². The lowest BCUT2D eigenvalue weighted by atomic mass is 10.0. The van der Waals surface area contributed by atoms with E-state index in [1.165, 1.54) is 4.88 Å². The summed E-state index contributed by atoms with van der Waals surface area (Å²) >= 11 is 1.68. The summed E-state index contributed by atoms with van der Waals surface area (Å²) < 4.78 is 4.86. The number of epoxide rings is 1. The Hall–Kier alpha value is -3.49. The first-order valence-corrected chi connectivity index (χ1v) is 11.6. The molecule has 33 heavy (non-hydrogen) atoms. The molecule has 2 atom stereocenters. The van der Waals surface area contributed by atoms with Crippen molar-refractivity contribution in [1.29, 1.82) is 0 Å². The largest absolute Gasteiger partial charge is 0.363 e. The molecule has 0 aliphatic carbocycles. The molecule has 0 radical (unpaired) electrons. The summed E-state index contributed by atoms with van der Waals surface area (Å²) in [6.07, 6.45) is 0.0323. The van der Waals surface area contributed by atoms with Crippen molar-refractivity contribution < 1.29 is 19.1 Å². The van der Waals surface area contributed by atoms with Gasteiger partial charge < -0.3 is 10.1 Å². The summed E-state index contributed by atoms with van der Waals surface area (Å²) in [7, 11) is 0. The van der Waals surface area contributed by atoms with Crippen LogP contribution in [0.2, 0.25) is 0 Å². The minimum absolute atomic E-state index is 0.133. The molecule has 4 rings (SSSR count). The van der Waals surface area contributed by atoms with Crippen molar-refractivity contribution in [2.24, 2.45) is 0 Å². The summed E-state index contributed by atoms with van der Waals surface area (Å²) in [5.74, 6) is -0.891. The third-order valence-corrected chi connectivity index (χ3v) is 6.29. The molecule has 1 aromatic heterocycles. The van der Waals surface area contributed by atoms with Crippen molar-refractivity contribution in [3.05, 3.63) is 82.7 Å². The highest BCUT2D eigenvalue weighted by Gasteiger charge is 2.31. The number of aryl methyl sites for hydroxylation is 1. The van der Waals surface area contributed by atoms with E-state index in [1.54, 1.807) is 23.5 Å². The number of nitrogens with one attached hydrogen (secondary N) is 3. The van der Waals surface area contributed by atoms with Crippen molar-refractivity contribution in [2.75, 3.05) is 6.61 Å². The van der Waals surface area contributed by atoms with Gasteiger partial charge in [0.25, 0.3) is 11.8 Å². The number of benzene rings is 2. The summed E-state index contributed by atoms with van der Waals surface area (Å²) in [6.45, 7) is 2.33. The molecular weight excluding hydrogens is 438 g/mol. The van der Waals surface area contributed by atoms with Crippen LogP contribution in [0.4, 0.5) is 0 Å². The van der Waals surface area contributed by atoms with Crippen LogP contribution in [-0.4, -0.2) is 30.4 Å². The summed E-state index contributed by atoms with van der Waals surface area (Å²) in [6, 6.07) is 19.3. The first-order chi connectivity index (χ1) is 16.0. The van der Waals surface area contributed by atoms with E-state index in [1.807, 2.05) is 42.6 Å². The maximum absolute atomic E-state index is 13.0. The number of hydrazine groups is 1. The van der Waals surface area contributed by atoms with Crippen LogP contribution in [0.15, 0.2) is 66.0 Å². The average Bonchev–Trinajstić information content (AvgIpc) is 3.55. The van der Waals surface area contributed by atoms with Crippen LogP contribution in [0.3, 0.4) is 0 Å². The van der Waals surface area contributed by atoms with E-state index in [0.29, 0.717) is 18.6 Å². The molecule has 0 spiro atoms. The van der Waals surface area contributed by atoms with E-state index in [0.717, 1.165) is 16.7 Å². The minimum Gasteiger partial charge on any atom is -0.363 e. The average molecular weight is 464 g/mol. The summed E-state index contributed by atoms with van der Waals surface area (Å²) in [5.41, 5.74) is 8.14. The normalized spacial score (nSPS) is 15.4. The van der Waals surface area contributed by atoms with Gasteiger partial charge in [-0.25, -0.2) is 0 Å². The molecule has 170 valence electrons. The fourth-order valence-corrected chi connectivity index (χ4v) is 4.17. The molecular formula is C25H25N3O4S. The summed E-state index contributed by atoms with van der Waals surface area (Å²) in [4.78, 5) is 37.8. The fraction of sp³-hybridized carbons (Fsp3) is 0.240.